The first-order valence-corrected chi connectivity index (χ1v) is 12.6. The van der Waals surface area contributed by atoms with Crippen molar-refractivity contribution >= 4 is 17.6 Å². The van der Waals surface area contributed by atoms with E-state index in [0.29, 0.717) is 23.9 Å². The number of amides is 2. The van der Waals surface area contributed by atoms with Crippen LogP contribution in [0.2, 0.25) is 0 Å². The topological polar surface area (TPSA) is 109 Å². The molecule has 0 saturated carbocycles. The number of benzene rings is 2. The molecule has 9 nitrogen and oxygen atoms in total. The first-order chi connectivity index (χ1) is 18.7. The number of aromatic amines is 1. The number of likely N-dealkylation sites (tertiary alicyclic amines) is 1. The molecule has 2 N–H and O–H groups in total. The van der Waals surface area contributed by atoms with E-state index in [4.69, 9.17) is 9.47 Å². The summed E-state index contributed by atoms with van der Waals surface area (Å²) in [6, 6.07) is 22.0. The Balaban J connectivity index is 1.27. The Morgan fingerprint density at radius 1 is 0.947 bits per heavy atom. The van der Waals surface area contributed by atoms with Crippen molar-refractivity contribution in [2.45, 2.75) is 25.3 Å². The Morgan fingerprint density at radius 2 is 1.66 bits per heavy atom. The van der Waals surface area contributed by atoms with Gasteiger partial charge in [0.2, 0.25) is 0 Å². The van der Waals surface area contributed by atoms with Crippen LogP contribution in [0.25, 0.3) is 11.1 Å². The van der Waals surface area contributed by atoms with Crippen LogP contribution in [0, 0.1) is 0 Å². The lowest BCUT2D eigenvalue weighted by molar-refractivity contribution is -0.137. The fourth-order valence-corrected chi connectivity index (χ4v) is 4.57. The van der Waals surface area contributed by atoms with E-state index in [1.165, 1.54) is 0 Å². The number of H-pyrrole nitrogens is 1. The number of ether oxygens (including phenoxy) is 2. The smallest absolute Gasteiger partial charge is 0.263 e. The number of piperidine rings is 1. The van der Waals surface area contributed by atoms with Gasteiger partial charge in [-0.3, -0.25) is 14.7 Å². The minimum Gasteiger partial charge on any atom is -0.484 e. The first kappa shape index (κ1) is 25.0. The van der Waals surface area contributed by atoms with Gasteiger partial charge in [0.05, 0.1) is 17.9 Å². The Kier molecular flexibility index (Phi) is 7.93. The summed E-state index contributed by atoms with van der Waals surface area (Å²) >= 11 is 0. The Morgan fingerprint density at radius 3 is 2.39 bits per heavy atom. The van der Waals surface area contributed by atoms with E-state index in [1.54, 1.807) is 30.6 Å². The summed E-state index contributed by atoms with van der Waals surface area (Å²) in [7, 11) is 0. The minimum absolute atomic E-state index is 0.0273. The van der Waals surface area contributed by atoms with Crippen LogP contribution >= 0.6 is 0 Å². The third-order valence-corrected chi connectivity index (χ3v) is 6.38. The predicted octanol–water partition coefficient (Wildman–Crippen LogP) is 4.62. The van der Waals surface area contributed by atoms with Crippen molar-refractivity contribution < 1.29 is 19.1 Å². The van der Waals surface area contributed by atoms with E-state index >= 15 is 0 Å². The second-order valence-electron chi connectivity index (χ2n) is 8.98. The number of para-hydroxylation sites is 2. The van der Waals surface area contributed by atoms with E-state index in [0.717, 1.165) is 36.1 Å². The van der Waals surface area contributed by atoms with E-state index in [2.05, 4.69) is 20.5 Å². The van der Waals surface area contributed by atoms with E-state index in [1.807, 2.05) is 59.5 Å². The normalized spacial score (nSPS) is 15.1. The molecule has 1 aliphatic heterocycles. The standard InChI is InChI=1S/C29H29N5O4/c35-27(19-37-22-9-3-1-4-10-22)32-26-17-21(14-15-30-26)24-18-31-33-29(24)25-13-7-8-16-34(25)28(36)20-38-23-11-5-2-6-12-23/h1-6,9-12,14-15,17-18,25H,7-8,13,16,19-20H2,(H,31,33)(H,30,32,35)/t25-/m0/s1. The molecule has 0 bridgehead atoms. The molecule has 0 unspecified atom stereocenters. The number of nitrogens with one attached hydrogen (secondary N) is 2. The molecule has 4 aromatic rings. The van der Waals surface area contributed by atoms with Gasteiger partial charge in [-0.25, -0.2) is 4.98 Å². The maximum Gasteiger partial charge on any atom is 0.263 e. The fraction of sp³-hybridized carbons (Fsp3) is 0.241. The highest BCUT2D eigenvalue weighted by Crippen LogP contribution is 2.36. The zero-order chi connectivity index (χ0) is 26.2. The molecule has 9 heteroatoms. The van der Waals surface area contributed by atoms with Gasteiger partial charge in [0.25, 0.3) is 11.8 Å². The minimum atomic E-state index is -0.312. The van der Waals surface area contributed by atoms with Gasteiger partial charge < -0.3 is 19.7 Å². The quantitative estimate of drug-likeness (QED) is 0.339. The second kappa shape index (κ2) is 12.1. The summed E-state index contributed by atoms with van der Waals surface area (Å²) in [6.45, 7) is 0.497. The number of carbonyl (C=O) groups is 2. The van der Waals surface area contributed by atoms with Gasteiger partial charge in [-0.15, -0.1) is 0 Å². The number of rotatable bonds is 9. The van der Waals surface area contributed by atoms with Gasteiger partial charge in [0.1, 0.15) is 17.3 Å². The van der Waals surface area contributed by atoms with Crippen LogP contribution in [0.15, 0.2) is 85.2 Å². The molecule has 0 aliphatic carbocycles. The highest BCUT2D eigenvalue weighted by Gasteiger charge is 2.31. The molecule has 2 amide bonds. The molecular weight excluding hydrogens is 482 g/mol. The predicted molar refractivity (Wildman–Crippen MR) is 143 cm³/mol. The Bertz CT molecular complexity index is 1360. The zero-order valence-electron chi connectivity index (χ0n) is 20.9. The van der Waals surface area contributed by atoms with Gasteiger partial charge in [0, 0.05) is 18.3 Å². The number of carbonyl (C=O) groups excluding carboxylic acids is 2. The van der Waals surface area contributed by atoms with Gasteiger partial charge in [0.15, 0.2) is 13.2 Å². The third-order valence-electron chi connectivity index (χ3n) is 6.38. The average molecular weight is 512 g/mol. The maximum atomic E-state index is 13.2. The summed E-state index contributed by atoms with van der Waals surface area (Å²) in [5, 5.41) is 10.2. The van der Waals surface area contributed by atoms with Crippen molar-refractivity contribution in [3.63, 3.8) is 0 Å². The molecule has 194 valence electrons. The lowest BCUT2D eigenvalue weighted by atomic mass is 9.94. The van der Waals surface area contributed by atoms with Crippen molar-refractivity contribution in [1.29, 1.82) is 0 Å². The van der Waals surface area contributed by atoms with E-state index < -0.39 is 0 Å². The van der Waals surface area contributed by atoms with Crippen LogP contribution in [-0.2, 0) is 9.59 Å². The van der Waals surface area contributed by atoms with Crippen molar-refractivity contribution in [3.8, 4) is 22.6 Å². The lowest BCUT2D eigenvalue weighted by Crippen LogP contribution is -2.41. The molecule has 1 saturated heterocycles. The molecule has 3 heterocycles. The average Bonchev–Trinajstić information content (AvgIpc) is 3.46. The molecule has 0 radical (unpaired) electrons. The first-order valence-electron chi connectivity index (χ1n) is 12.6. The van der Waals surface area contributed by atoms with Gasteiger partial charge in [-0.2, -0.15) is 5.10 Å². The van der Waals surface area contributed by atoms with Crippen LogP contribution in [0.1, 0.15) is 31.0 Å². The van der Waals surface area contributed by atoms with Crippen LogP contribution in [0.5, 0.6) is 11.5 Å². The van der Waals surface area contributed by atoms with Crippen molar-refractivity contribution in [2.75, 3.05) is 25.1 Å². The molecular formula is C29H29N5O4. The Hall–Kier alpha value is -4.66. The van der Waals surface area contributed by atoms with Crippen LogP contribution in [0.4, 0.5) is 5.82 Å². The lowest BCUT2D eigenvalue weighted by Gasteiger charge is -2.35. The summed E-state index contributed by atoms with van der Waals surface area (Å²) < 4.78 is 11.2. The number of hydrogen-bond acceptors (Lipinski definition) is 6. The SMILES string of the molecule is O=C(COc1ccccc1)Nc1cc(-c2cn[nH]c2[C@@H]2CCCCN2C(=O)COc2ccccc2)ccn1. The highest BCUT2D eigenvalue weighted by molar-refractivity contribution is 5.91. The van der Waals surface area contributed by atoms with E-state index in [9.17, 15) is 9.59 Å². The van der Waals surface area contributed by atoms with E-state index in [-0.39, 0.29) is 31.1 Å². The number of aromatic nitrogens is 3. The molecule has 1 atom stereocenters. The third kappa shape index (κ3) is 6.18. The molecule has 2 aromatic heterocycles. The molecule has 2 aromatic carbocycles. The summed E-state index contributed by atoms with van der Waals surface area (Å²) in [5.74, 6) is 1.31. The summed E-state index contributed by atoms with van der Waals surface area (Å²) in [6.07, 6.45) is 6.14. The monoisotopic (exact) mass is 511 g/mol. The number of nitrogens with zero attached hydrogens (tertiary/aromatic N) is 3. The molecule has 5 rings (SSSR count). The second-order valence-corrected chi connectivity index (χ2v) is 8.98. The molecule has 1 fully saturated rings. The van der Waals surface area contributed by atoms with Gasteiger partial charge in [-0.1, -0.05) is 36.4 Å². The largest absolute Gasteiger partial charge is 0.484 e. The molecule has 1 aliphatic rings. The van der Waals surface area contributed by atoms with Crippen molar-refractivity contribution in [2.24, 2.45) is 0 Å². The van der Waals surface area contributed by atoms with Crippen LogP contribution < -0.4 is 14.8 Å². The Labute approximate surface area is 220 Å². The summed E-state index contributed by atoms with van der Waals surface area (Å²) in [4.78, 5) is 31.7. The zero-order valence-corrected chi connectivity index (χ0v) is 20.9. The number of anilines is 1. The fourth-order valence-electron chi connectivity index (χ4n) is 4.57. The van der Waals surface area contributed by atoms with Gasteiger partial charge in [-0.05, 0) is 61.2 Å². The summed E-state index contributed by atoms with van der Waals surface area (Å²) in [5.41, 5.74) is 2.55. The number of pyridine rings is 1. The highest BCUT2D eigenvalue weighted by atomic mass is 16.5. The van der Waals surface area contributed by atoms with Crippen LogP contribution in [-0.4, -0.2) is 51.7 Å². The van der Waals surface area contributed by atoms with Crippen LogP contribution in [0.3, 0.4) is 0 Å². The maximum absolute atomic E-state index is 13.2. The van der Waals surface area contributed by atoms with Crippen molar-refractivity contribution in [3.05, 3.63) is 90.9 Å². The number of hydrogen-bond donors (Lipinski definition) is 2. The molecule has 38 heavy (non-hydrogen) atoms. The molecule has 0 spiro atoms. The van der Waals surface area contributed by atoms with Crippen molar-refractivity contribution in [1.82, 2.24) is 20.1 Å². The van der Waals surface area contributed by atoms with Gasteiger partial charge >= 0.3 is 0 Å².